The number of anilines is 1. The van der Waals surface area contributed by atoms with Crippen LogP contribution < -0.4 is 14.4 Å². The maximum Gasteiger partial charge on any atom is 0.247 e. The first kappa shape index (κ1) is 24.5. The van der Waals surface area contributed by atoms with Crippen LogP contribution in [0.2, 0.25) is 0 Å². The number of ether oxygens (including phenoxy) is 2. The fraction of sp³-hybridized carbons (Fsp3) is 0.222. The lowest BCUT2D eigenvalue weighted by Crippen LogP contribution is -2.32. The molecule has 0 N–H and O–H groups in total. The van der Waals surface area contributed by atoms with Crippen molar-refractivity contribution in [2.24, 2.45) is 4.99 Å². The van der Waals surface area contributed by atoms with E-state index in [9.17, 15) is 14.0 Å². The first-order chi connectivity index (χ1) is 17.0. The Labute approximate surface area is 207 Å². The van der Waals surface area contributed by atoms with E-state index < -0.39 is 11.1 Å². The highest BCUT2D eigenvalue weighted by atomic mass is 32.2. The van der Waals surface area contributed by atoms with Crippen LogP contribution in [0.15, 0.2) is 77.8 Å². The number of benzene rings is 3. The predicted octanol–water partition coefficient (Wildman–Crippen LogP) is 6.03. The Balaban J connectivity index is 1.62. The van der Waals surface area contributed by atoms with Crippen LogP contribution in [0, 0.1) is 5.82 Å². The van der Waals surface area contributed by atoms with Crippen LogP contribution in [-0.4, -0.2) is 35.3 Å². The summed E-state index contributed by atoms with van der Waals surface area (Å²) in [7, 11) is 0. The van der Waals surface area contributed by atoms with Gasteiger partial charge in [-0.2, -0.15) is 0 Å². The monoisotopic (exact) mass is 492 g/mol. The van der Waals surface area contributed by atoms with Crippen molar-refractivity contribution in [3.63, 3.8) is 0 Å². The number of halogens is 1. The van der Waals surface area contributed by atoms with Crippen molar-refractivity contribution in [2.75, 3.05) is 18.1 Å². The van der Waals surface area contributed by atoms with Gasteiger partial charge in [0.2, 0.25) is 5.91 Å². The number of ketones is 1. The molecule has 0 saturated carbocycles. The zero-order valence-corrected chi connectivity index (χ0v) is 20.3. The third-order valence-electron chi connectivity index (χ3n) is 5.25. The summed E-state index contributed by atoms with van der Waals surface area (Å²) in [5.74, 6) is 0.546. The van der Waals surface area contributed by atoms with Gasteiger partial charge < -0.3 is 9.47 Å². The summed E-state index contributed by atoms with van der Waals surface area (Å²) in [6, 6.07) is 19.8. The van der Waals surface area contributed by atoms with E-state index in [1.165, 1.54) is 40.9 Å². The van der Waals surface area contributed by atoms with Gasteiger partial charge in [-0.15, -0.1) is 0 Å². The fourth-order valence-electron chi connectivity index (χ4n) is 3.59. The predicted molar refractivity (Wildman–Crippen MR) is 137 cm³/mol. The molecule has 6 nitrogen and oxygen atoms in total. The summed E-state index contributed by atoms with van der Waals surface area (Å²) in [5, 5.41) is -0.180. The Hall–Kier alpha value is -3.65. The third-order valence-corrected chi connectivity index (χ3v) is 6.39. The lowest BCUT2D eigenvalue weighted by atomic mass is 10.1. The van der Waals surface area contributed by atoms with E-state index in [1.807, 2.05) is 38.1 Å². The number of hydrogen-bond acceptors (Lipinski definition) is 6. The highest BCUT2D eigenvalue weighted by molar-refractivity contribution is 8.16. The van der Waals surface area contributed by atoms with Gasteiger partial charge in [-0.1, -0.05) is 11.8 Å². The van der Waals surface area contributed by atoms with E-state index in [0.717, 1.165) is 5.75 Å². The molecule has 35 heavy (non-hydrogen) atoms. The smallest absolute Gasteiger partial charge is 0.247 e. The summed E-state index contributed by atoms with van der Waals surface area (Å²) in [6.45, 7) is 4.92. The number of hydrogen-bond donors (Lipinski definition) is 0. The van der Waals surface area contributed by atoms with Gasteiger partial charge in [-0.3, -0.25) is 14.5 Å². The number of thioether (sulfide) groups is 1. The lowest BCUT2D eigenvalue weighted by molar-refractivity contribution is -0.116. The Morgan fingerprint density at radius 2 is 1.49 bits per heavy atom. The van der Waals surface area contributed by atoms with Crippen LogP contribution in [0.4, 0.5) is 15.8 Å². The van der Waals surface area contributed by atoms with Crippen LogP contribution in [0.1, 0.15) is 30.6 Å². The molecule has 8 heteroatoms. The van der Waals surface area contributed by atoms with E-state index in [2.05, 4.69) is 0 Å². The topological polar surface area (TPSA) is 68.2 Å². The second-order valence-corrected chi connectivity index (χ2v) is 8.83. The van der Waals surface area contributed by atoms with Crippen LogP contribution in [-0.2, 0) is 4.79 Å². The number of amidine groups is 1. The van der Waals surface area contributed by atoms with Crippen LogP contribution in [0.3, 0.4) is 0 Å². The molecule has 0 radical (unpaired) electrons. The molecule has 0 unspecified atom stereocenters. The number of carbonyl (C=O) groups is 2. The minimum absolute atomic E-state index is 0.0229. The first-order valence-electron chi connectivity index (χ1n) is 11.3. The van der Waals surface area contributed by atoms with Gasteiger partial charge in [0.25, 0.3) is 0 Å². The third kappa shape index (κ3) is 5.89. The molecule has 1 heterocycles. The van der Waals surface area contributed by atoms with Gasteiger partial charge >= 0.3 is 0 Å². The van der Waals surface area contributed by atoms with Crippen molar-refractivity contribution in [3.05, 3.63) is 84.2 Å². The number of nitrogens with zero attached hydrogens (tertiary/aromatic N) is 2. The summed E-state index contributed by atoms with van der Waals surface area (Å²) >= 11 is 1.24. The molecule has 1 aliphatic rings. The molecule has 0 spiro atoms. The standard InChI is InChI=1S/C27H25FN2O4S/c1-3-33-22-13-9-20(10-14-22)29-27-30(21-11-15-23(16-12-21)34-4-2)26(32)25(35-27)17-24(31)18-5-7-19(28)8-6-18/h5-16,25H,3-4,17H2,1-2H3/t25-/m1/s1. The Bertz CT molecular complexity index is 1210. The zero-order valence-electron chi connectivity index (χ0n) is 19.4. The summed E-state index contributed by atoms with van der Waals surface area (Å²) in [6.07, 6.45) is -0.0229. The normalized spacial score (nSPS) is 16.5. The van der Waals surface area contributed by atoms with Crippen molar-refractivity contribution in [1.82, 2.24) is 0 Å². The van der Waals surface area contributed by atoms with E-state index in [0.29, 0.717) is 41.1 Å². The Morgan fingerprint density at radius 1 is 0.914 bits per heavy atom. The Kier molecular flexibility index (Phi) is 7.82. The molecule has 1 saturated heterocycles. The Morgan fingerprint density at radius 3 is 2.06 bits per heavy atom. The number of amides is 1. The van der Waals surface area contributed by atoms with Crippen molar-refractivity contribution >= 4 is 40.0 Å². The van der Waals surface area contributed by atoms with Gasteiger partial charge in [-0.05, 0) is 86.6 Å². The molecule has 1 amide bonds. The SMILES string of the molecule is CCOc1ccc(N=C2S[C@H](CC(=O)c3ccc(F)cc3)C(=O)N2c2ccc(OCC)cc2)cc1. The number of Topliss-reactive ketones (excluding diaryl/α,β-unsaturated/α-hetero) is 1. The largest absolute Gasteiger partial charge is 0.494 e. The van der Waals surface area contributed by atoms with E-state index in [4.69, 9.17) is 14.5 Å². The fourth-order valence-corrected chi connectivity index (χ4v) is 4.74. The molecular formula is C27H25FN2O4S. The minimum atomic E-state index is -0.652. The zero-order chi connectivity index (χ0) is 24.8. The minimum Gasteiger partial charge on any atom is -0.494 e. The molecule has 0 aliphatic carbocycles. The molecule has 0 bridgehead atoms. The van der Waals surface area contributed by atoms with Gasteiger partial charge in [0.1, 0.15) is 17.3 Å². The average molecular weight is 493 g/mol. The van der Waals surface area contributed by atoms with Crippen LogP contribution in [0.5, 0.6) is 11.5 Å². The summed E-state index contributed by atoms with van der Waals surface area (Å²) in [5.41, 5.74) is 1.65. The molecule has 3 aromatic rings. The maximum absolute atomic E-state index is 13.4. The second kappa shape index (κ2) is 11.2. The molecule has 0 aromatic heterocycles. The van der Waals surface area contributed by atoms with Gasteiger partial charge in [0.05, 0.1) is 29.8 Å². The lowest BCUT2D eigenvalue weighted by Gasteiger charge is -2.17. The van der Waals surface area contributed by atoms with Gasteiger partial charge in [0, 0.05) is 12.0 Å². The molecule has 4 rings (SSSR count). The number of aliphatic imine (C=N–C) groups is 1. The number of rotatable bonds is 9. The van der Waals surface area contributed by atoms with Crippen LogP contribution in [0.25, 0.3) is 0 Å². The van der Waals surface area contributed by atoms with Crippen molar-refractivity contribution in [3.8, 4) is 11.5 Å². The van der Waals surface area contributed by atoms with Crippen molar-refractivity contribution in [1.29, 1.82) is 0 Å². The van der Waals surface area contributed by atoms with Crippen molar-refractivity contribution in [2.45, 2.75) is 25.5 Å². The molecule has 180 valence electrons. The summed E-state index contributed by atoms with van der Waals surface area (Å²) < 4.78 is 24.3. The second-order valence-electron chi connectivity index (χ2n) is 7.66. The molecule has 3 aromatic carbocycles. The number of carbonyl (C=O) groups excluding carboxylic acids is 2. The quantitative estimate of drug-likeness (QED) is 0.341. The van der Waals surface area contributed by atoms with Crippen molar-refractivity contribution < 1.29 is 23.5 Å². The molecule has 1 fully saturated rings. The first-order valence-corrected chi connectivity index (χ1v) is 12.2. The van der Waals surface area contributed by atoms with Gasteiger partial charge in [-0.25, -0.2) is 9.38 Å². The highest BCUT2D eigenvalue weighted by Gasteiger charge is 2.40. The highest BCUT2D eigenvalue weighted by Crippen LogP contribution is 2.36. The molecule has 1 atom stereocenters. The molecular weight excluding hydrogens is 467 g/mol. The van der Waals surface area contributed by atoms with Crippen LogP contribution >= 0.6 is 11.8 Å². The van der Waals surface area contributed by atoms with E-state index >= 15 is 0 Å². The van der Waals surface area contributed by atoms with E-state index in [1.54, 1.807) is 24.3 Å². The van der Waals surface area contributed by atoms with E-state index in [-0.39, 0.29) is 18.1 Å². The van der Waals surface area contributed by atoms with Gasteiger partial charge in [0.15, 0.2) is 11.0 Å². The molecule has 1 aliphatic heterocycles. The average Bonchev–Trinajstić information content (AvgIpc) is 3.16. The summed E-state index contributed by atoms with van der Waals surface area (Å²) in [4.78, 5) is 32.5. The maximum atomic E-state index is 13.4.